The molecule has 0 saturated carbocycles. The van der Waals surface area contributed by atoms with Crippen molar-refractivity contribution in [1.82, 2.24) is 4.90 Å². The summed E-state index contributed by atoms with van der Waals surface area (Å²) in [6.07, 6.45) is -0.0934. The van der Waals surface area contributed by atoms with Crippen molar-refractivity contribution in [2.45, 2.75) is 32.8 Å². The van der Waals surface area contributed by atoms with Gasteiger partial charge in [-0.05, 0) is 38.3 Å². The quantitative estimate of drug-likeness (QED) is 0.911. The van der Waals surface area contributed by atoms with Gasteiger partial charge in [-0.25, -0.2) is 9.59 Å². The van der Waals surface area contributed by atoms with Gasteiger partial charge in [-0.3, -0.25) is 0 Å². The van der Waals surface area contributed by atoms with Gasteiger partial charge in [0, 0.05) is 12.1 Å². The second kappa shape index (κ2) is 6.22. The van der Waals surface area contributed by atoms with Crippen molar-refractivity contribution < 1.29 is 19.4 Å². The number of hydrogen-bond acceptors (Lipinski definition) is 3. The number of nitrogens with zero attached hydrogens (tertiary/aromatic N) is 1. The third kappa shape index (κ3) is 3.87. The van der Waals surface area contributed by atoms with Gasteiger partial charge in [0.25, 0.3) is 0 Å². The molecule has 1 aromatic rings. The standard InChI is InChI=1S/C17H21NO4/c1-17(2,3)22-16(21)18-10-9-13(15(19)20)14(11-18)12-7-5-4-6-8-12/h4-8H,9-11H2,1-3H3,(H,19,20). The monoisotopic (exact) mass is 303 g/mol. The largest absolute Gasteiger partial charge is 0.478 e. The number of benzene rings is 1. The van der Waals surface area contributed by atoms with Gasteiger partial charge < -0.3 is 14.7 Å². The van der Waals surface area contributed by atoms with Gasteiger partial charge in [0.15, 0.2) is 0 Å². The molecule has 0 spiro atoms. The van der Waals surface area contributed by atoms with Crippen LogP contribution in [0.3, 0.4) is 0 Å². The number of ether oxygens (including phenoxy) is 1. The SMILES string of the molecule is CC(C)(C)OC(=O)N1CCC(C(=O)O)=C(c2ccccc2)C1. The molecule has 0 aromatic heterocycles. The van der Waals surface area contributed by atoms with Gasteiger partial charge >= 0.3 is 12.1 Å². The summed E-state index contributed by atoms with van der Waals surface area (Å²) < 4.78 is 5.37. The molecule has 0 radical (unpaired) electrons. The zero-order valence-electron chi connectivity index (χ0n) is 13.1. The molecule has 1 heterocycles. The van der Waals surface area contributed by atoms with E-state index in [9.17, 15) is 14.7 Å². The number of carboxylic acids is 1. The highest BCUT2D eigenvalue weighted by atomic mass is 16.6. The Morgan fingerprint density at radius 1 is 1.18 bits per heavy atom. The average Bonchev–Trinajstić information content (AvgIpc) is 2.45. The Kier molecular flexibility index (Phi) is 4.54. The Morgan fingerprint density at radius 2 is 1.82 bits per heavy atom. The van der Waals surface area contributed by atoms with Crippen LogP contribution in [-0.2, 0) is 9.53 Å². The summed E-state index contributed by atoms with van der Waals surface area (Å²) in [7, 11) is 0. The lowest BCUT2D eigenvalue weighted by Crippen LogP contribution is -2.41. The first-order valence-corrected chi connectivity index (χ1v) is 7.26. The Hall–Kier alpha value is -2.30. The highest BCUT2D eigenvalue weighted by molar-refractivity contribution is 5.98. The second-order valence-corrected chi connectivity index (χ2v) is 6.28. The minimum Gasteiger partial charge on any atom is -0.478 e. The van der Waals surface area contributed by atoms with Crippen molar-refractivity contribution in [2.24, 2.45) is 0 Å². The Labute approximate surface area is 130 Å². The first-order valence-electron chi connectivity index (χ1n) is 7.26. The van der Waals surface area contributed by atoms with Crippen molar-refractivity contribution >= 4 is 17.6 Å². The molecule has 0 saturated heterocycles. The lowest BCUT2D eigenvalue weighted by Gasteiger charge is -2.32. The maximum absolute atomic E-state index is 12.2. The number of amides is 1. The molecule has 0 aliphatic carbocycles. The molecule has 0 bridgehead atoms. The molecule has 1 aliphatic rings. The van der Waals surface area contributed by atoms with Crippen LogP contribution in [-0.4, -0.2) is 40.8 Å². The second-order valence-electron chi connectivity index (χ2n) is 6.28. The lowest BCUT2D eigenvalue weighted by molar-refractivity contribution is -0.132. The predicted octanol–water partition coefficient (Wildman–Crippen LogP) is 3.17. The Bertz CT molecular complexity index is 599. The fraction of sp³-hybridized carbons (Fsp3) is 0.412. The zero-order valence-corrected chi connectivity index (χ0v) is 13.1. The lowest BCUT2D eigenvalue weighted by atomic mass is 9.94. The van der Waals surface area contributed by atoms with Crippen LogP contribution in [0.1, 0.15) is 32.8 Å². The molecule has 0 atom stereocenters. The molecule has 1 amide bonds. The number of aliphatic carboxylic acids is 1. The van der Waals surface area contributed by atoms with E-state index in [1.807, 2.05) is 51.1 Å². The fourth-order valence-electron chi connectivity index (χ4n) is 2.39. The minimum absolute atomic E-state index is 0.251. The van der Waals surface area contributed by atoms with Gasteiger partial charge in [-0.15, -0.1) is 0 Å². The van der Waals surface area contributed by atoms with Crippen molar-refractivity contribution in [1.29, 1.82) is 0 Å². The Morgan fingerprint density at radius 3 is 2.36 bits per heavy atom. The smallest absolute Gasteiger partial charge is 0.410 e. The van der Waals surface area contributed by atoms with Crippen molar-refractivity contribution in [2.75, 3.05) is 13.1 Å². The van der Waals surface area contributed by atoms with E-state index in [0.29, 0.717) is 24.1 Å². The van der Waals surface area contributed by atoms with Gasteiger partial charge in [0.1, 0.15) is 5.60 Å². The highest BCUT2D eigenvalue weighted by Crippen LogP contribution is 2.27. The fourth-order valence-corrected chi connectivity index (χ4v) is 2.39. The van der Waals surface area contributed by atoms with E-state index >= 15 is 0 Å². The molecule has 1 aromatic carbocycles. The van der Waals surface area contributed by atoms with Gasteiger partial charge in [0.2, 0.25) is 0 Å². The summed E-state index contributed by atoms with van der Waals surface area (Å²) in [6, 6.07) is 9.30. The molecule has 118 valence electrons. The van der Waals surface area contributed by atoms with Crippen LogP contribution in [0.4, 0.5) is 4.79 Å². The van der Waals surface area contributed by atoms with Crippen LogP contribution in [0, 0.1) is 0 Å². The van der Waals surface area contributed by atoms with E-state index in [1.54, 1.807) is 4.90 Å². The normalized spacial score (nSPS) is 15.7. The summed E-state index contributed by atoms with van der Waals surface area (Å²) in [4.78, 5) is 25.2. The number of carbonyl (C=O) groups excluding carboxylic acids is 1. The van der Waals surface area contributed by atoms with E-state index in [-0.39, 0.29) is 6.54 Å². The molecule has 0 unspecified atom stereocenters. The van der Waals surface area contributed by atoms with E-state index in [1.165, 1.54) is 0 Å². The molecule has 5 nitrogen and oxygen atoms in total. The van der Waals surface area contributed by atoms with Crippen molar-refractivity contribution in [3.05, 3.63) is 41.5 Å². The van der Waals surface area contributed by atoms with Crippen LogP contribution in [0.15, 0.2) is 35.9 Å². The topological polar surface area (TPSA) is 66.8 Å². The number of rotatable bonds is 2. The van der Waals surface area contributed by atoms with Crippen LogP contribution >= 0.6 is 0 Å². The van der Waals surface area contributed by atoms with E-state index in [4.69, 9.17) is 4.74 Å². The van der Waals surface area contributed by atoms with Gasteiger partial charge in [0.05, 0.1) is 6.54 Å². The minimum atomic E-state index is -0.928. The van der Waals surface area contributed by atoms with Crippen molar-refractivity contribution in [3.63, 3.8) is 0 Å². The summed E-state index contributed by atoms with van der Waals surface area (Å²) in [6.45, 7) is 6.04. The number of carbonyl (C=O) groups is 2. The number of hydrogen-bond donors (Lipinski definition) is 1. The first-order chi connectivity index (χ1) is 10.3. The molecule has 0 fully saturated rings. The van der Waals surface area contributed by atoms with Crippen LogP contribution in [0.2, 0.25) is 0 Å². The Balaban J connectivity index is 2.27. The van der Waals surface area contributed by atoms with E-state index < -0.39 is 17.7 Å². The third-order valence-corrected chi connectivity index (χ3v) is 3.38. The molecule has 22 heavy (non-hydrogen) atoms. The van der Waals surface area contributed by atoms with E-state index in [0.717, 1.165) is 5.56 Å². The molecule has 5 heteroatoms. The van der Waals surface area contributed by atoms with Gasteiger partial charge in [-0.1, -0.05) is 30.3 Å². The molecular formula is C17H21NO4. The highest BCUT2D eigenvalue weighted by Gasteiger charge is 2.29. The first kappa shape index (κ1) is 16.1. The summed E-state index contributed by atoms with van der Waals surface area (Å²) >= 11 is 0. The van der Waals surface area contributed by atoms with Crippen LogP contribution in [0.25, 0.3) is 5.57 Å². The molecule has 2 rings (SSSR count). The van der Waals surface area contributed by atoms with Gasteiger partial charge in [-0.2, -0.15) is 0 Å². The van der Waals surface area contributed by atoms with Crippen LogP contribution in [0.5, 0.6) is 0 Å². The summed E-state index contributed by atoms with van der Waals surface area (Å²) in [5, 5.41) is 9.39. The van der Waals surface area contributed by atoms with Crippen molar-refractivity contribution in [3.8, 4) is 0 Å². The molecular weight excluding hydrogens is 282 g/mol. The summed E-state index contributed by atoms with van der Waals surface area (Å²) in [5.41, 5.74) is 1.30. The third-order valence-electron chi connectivity index (χ3n) is 3.38. The zero-order chi connectivity index (χ0) is 16.3. The molecule has 1 N–H and O–H groups in total. The maximum Gasteiger partial charge on any atom is 0.410 e. The predicted molar refractivity (Wildman–Crippen MR) is 83.4 cm³/mol. The number of carboxylic acid groups (broad SMARTS) is 1. The molecule has 1 aliphatic heterocycles. The average molecular weight is 303 g/mol. The van der Waals surface area contributed by atoms with Crippen LogP contribution < -0.4 is 0 Å². The van der Waals surface area contributed by atoms with E-state index in [2.05, 4.69) is 0 Å². The maximum atomic E-state index is 12.2. The summed E-state index contributed by atoms with van der Waals surface area (Å²) in [5.74, 6) is -0.928.